The van der Waals surface area contributed by atoms with Gasteiger partial charge in [0.2, 0.25) is 5.91 Å². The molecule has 0 heterocycles. The summed E-state index contributed by atoms with van der Waals surface area (Å²) in [6.07, 6.45) is 0.0486. The van der Waals surface area contributed by atoms with Crippen LogP contribution in [0, 0.1) is 5.41 Å². The zero-order valence-electron chi connectivity index (χ0n) is 8.20. The number of hydrogen-bond donors (Lipinski definition) is 3. The first-order valence-electron chi connectivity index (χ1n) is 4.04. The Morgan fingerprint density at radius 2 is 1.93 bits per heavy atom. The number of carbonyl (C=O) groups is 2. The lowest BCUT2D eigenvalue weighted by molar-refractivity contribution is -0.118. The van der Waals surface area contributed by atoms with Gasteiger partial charge in [-0.25, -0.2) is 0 Å². The van der Waals surface area contributed by atoms with Crippen LogP contribution < -0.4 is 11.5 Å². The summed E-state index contributed by atoms with van der Waals surface area (Å²) < 4.78 is 0. The number of nitrogens with one attached hydrogen (secondary N) is 1. The van der Waals surface area contributed by atoms with Gasteiger partial charge >= 0.3 is 0 Å². The van der Waals surface area contributed by atoms with E-state index in [-0.39, 0.29) is 12.1 Å². The molecule has 0 saturated heterocycles. The van der Waals surface area contributed by atoms with Gasteiger partial charge in [0.25, 0.3) is 5.91 Å². The Morgan fingerprint density at radius 3 is 2.29 bits per heavy atom. The molecule has 6 nitrogen and oxygen atoms in total. The Balaban J connectivity index is 4.34. The van der Waals surface area contributed by atoms with Crippen LogP contribution in [0.3, 0.4) is 0 Å². The average Bonchev–Trinajstić information content (AvgIpc) is 2.03. The second kappa shape index (κ2) is 5.11. The first-order valence-corrected chi connectivity index (χ1v) is 4.04. The minimum atomic E-state index is -0.786. The van der Waals surface area contributed by atoms with Crippen LogP contribution in [0.5, 0.6) is 0 Å². The number of amides is 2. The van der Waals surface area contributed by atoms with E-state index in [0.717, 1.165) is 0 Å². The lowest BCUT2D eigenvalue weighted by atomic mass is 10.2. The van der Waals surface area contributed by atoms with E-state index in [1.54, 1.807) is 13.8 Å². The third-order valence-electron chi connectivity index (χ3n) is 1.56. The Hall–Kier alpha value is -1.72. The van der Waals surface area contributed by atoms with Gasteiger partial charge in [0, 0.05) is 12.1 Å². The molecule has 0 radical (unpaired) electrons. The molecule has 0 aromatic heterocycles. The maximum atomic E-state index is 10.6. The molecule has 1 atom stereocenters. The minimum absolute atomic E-state index is 0.0486. The fraction of sp³-hybridized carbons (Fsp3) is 0.500. The lowest BCUT2D eigenvalue weighted by Crippen LogP contribution is -2.27. The largest absolute Gasteiger partial charge is 0.368 e. The summed E-state index contributed by atoms with van der Waals surface area (Å²) in [4.78, 5) is 25.0. The van der Waals surface area contributed by atoms with Gasteiger partial charge in [-0.3, -0.25) is 20.0 Å². The number of aliphatic imine (C=N–C) groups is 1. The monoisotopic (exact) mass is 198 g/mol. The van der Waals surface area contributed by atoms with Gasteiger partial charge in [0.1, 0.15) is 11.8 Å². The van der Waals surface area contributed by atoms with Crippen molar-refractivity contribution < 1.29 is 9.59 Å². The number of hydrogen-bond acceptors (Lipinski definition) is 4. The van der Waals surface area contributed by atoms with E-state index in [0.29, 0.717) is 5.71 Å². The van der Waals surface area contributed by atoms with Crippen LogP contribution in [0.2, 0.25) is 0 Å². The third kappa shape index (κ3) is 4.34. The summed E-state index contributed by atoms with van der Waals surface area (Å²) in [5, 5.41) is 7.15. The topological polar surface area (TPSA) is 122 Å². The van der Waals surface area contributed by atoms with E-state index < -0.39 is 17.9 Å². The van der Waals surface area contributed by atoms with Crippen LogP contribution >= 0.6 is 0 Å². The summed E-state index contributed by atoms with van der Waals surface area (Å²) in [5.41, 5.74) is 10.1. The molecule has 0 fully saturated rings. The van der Waals surface area contributed by atoms with Crippen molar-refractivity contribution in [1.82, 2.24) is 0 Å². The van der Waals surface area contributed by atoms with Crippen molar-refractivity contribution in [2.75, 3.05) is 0 Å². The van der Waals surface area contributed by atoms with Crippen molar-refractivity contribution in [3.05, 3.63) is 0 Å². The predicted octanol–water partition coefficient (Wildman–Crippen LogP) is -0.784. The maximum absolute atomic E-state index is 10.6. The zero-order valence-corrected chi connectivity index (χ0v) is 8.20. The van der Waals surface area contributed by atoms with Gasteiger partial charge in [-0.15, -0.1) is 0 Å². The quantitative estimate of drug-likeness (QED) is 0.501. The predicted molar refractivity (Wildman–Crippen MR) is 53.3 cm³/mol. The van der Waals surface area contributed by atoms with E-state index in [1.165, 1.54) is 0 Å². The van der Waals surface area contributed by atoms with Crippen LogP contribution in [0.25, 0.3) is 0 Å². The Bertz CT molecular complexity index is 296. The van der Waals surface area contributed by atoms with Crippen molar-refractivity contribution in [3.8, 4) is 0 Å². The SMILES string of the molecule is CC(CC(=N)C(N)=O)=NC(C)C(N)=O. The Kier molecular flexibility index (Phi) is 4.48. The fourth-order valence-corrected chi connectivity index (χ4v) is 0.783. The maximum Gasteiger partial charge on any atom is 0.262 e. The van der Waals surface area contributed by atoms with Gasteiger partial charge in [-0.2, -0.15) is 0 Å². The molecule has 5 N–H and O–H groups in total. The molecule has 0 aliphatic rings. The Labute approximate surface area is 81.9 Å². The summed E-state index contributed by atoms with van der Waals surface area (Å²) in [6.45, 7) is 3.15. The van der Waals surface area contributed by atoms with E-state index in [2.05, 4.69) is 4.99 Å². The van der Waals surface area contributed by atoms with E-state index in [1.807, 2.05) is 0 Å². The van der Waals surface area contributed by atoms with Crippen molar-refractivity contribution in [3.63, 3.8) is 0 Å². The summed E-state index contributed by atoms with van der Waals surface area (Å²) >= 11 is 0. The van der Waals surface area contributed by atoms with Crippen LogP contribution in [-0.4, -0.2) is 29.3 Å². The molecule has 6 heteroatoms. The molecule has 14 heavy (non-hydrogen) atoms. The molecular formula is C8H14N4O2. The molecule has 0 rings (SSSR count). The summed E-state index contributed by atoms with van der Waals surface area (Å²) in [5.74, 6) is -1.33. The molecule has 0 aliphatic heterocycles. The van der Waals surface area contributed by atoms with Crippen LogP contribution in [0.1, 0.15) is 20.3 Å². The van der Waals surface area contributed by atoms with Crippen LogP contribution in [-0.2, 0) is 9.59 Å². The highest BCUT2D eigenvalue weighted by Gasteiger charge is 2.09. The van der Waals surface area contributed by atoms with Crippen molar-refractivity contribution >= 4 is 23.2 Å². The molecule has 1 unspecified atom stereocenters. The third-order valence-corrected chi connectivity index (χ3v) is 1.56. The number of carbonyl (C=O) groups excluding carboxylic acids is 2. The smallest absolute Gasteiger partial charge is 0.262 e. The highest BCUT2D eigenvalue weighted by Crippen LogP contribution is 1.94. The van der Waals surface area contributed by atoms with Gasteiger partial charge in [0.05, 0.1) is 0 Å². The molecular weight excluding hydrogens is 184 g/mol. The fourth-order valence-electron chi connectivity index (χ4n) is 0.783. The Morgan fingerprint density at radius 1 is 1.43 bits per heavy atom. The molecule has 0 aliphatic carbocycles. The van der Waals surface area contributed by atoms with E-state index in [4.69, 9.17) is 16.9 Å². The van der Waals surface area contributed by atoms with Crippen LogP contribution in [0.15, 0.2) is 4.99 Å². The number of primary amides is 2. The van der Waals surface area contributed by atoms with Gasteiger partial charge < -0.3 is 11.5 Å². The summed E-state index contributed by atoms with van der Waals surface area (Å²) in [7, 11) is 0. The number of nitrogens with zero attached hydrogens (tertiary/aromatic N) is 1. The van der Waals surface area contributed by atoms with Crippen molar-refractivity contribution in [2.24, 2.45) is 16.5 Å². The number of rotatable bonds is 5. The van der Waals surface area contributed by atoms with E-state index in [9.17, 15) is 9.59 Å². The van der Waals surface area contributed by atoms with Gasteiger partial charge in [-0.1, -0.05) is 0 Å². The lowest BCUT2D eigenvalue weighted by Gasteiger charge is -2.03. The first-order chi connectivity index (χ1) is 6.34. The highest BCUT2D eigenvalue weighted by atomic mass is 16.1. The van der Waals surface area contributed by atoms with Gasteiger partial charge in [0.15, 0.2) is 0 Å². The van der Waals surface area contributed by atoms with Crippen molar-refractivity contribution in [1.29, 1.82) is 5.41 Å². The second-order valence-corrected chi connectivity index (χ2v) is 2.96. The molecule has 0 saturated carbocycles. The zero-order chi connectivity index (χ0) is 11.3. The van der Waals surface area contributed by atoms with Crippen LogP contribution in [0.4, 0.5) is 0 Å². The molecule has 78 valence electrons. The molecule has 0 aromatic rings. The molecule has 2 amide bonds. The molecule has 0 aromatic carbocycles. The normalized spacial score (nSPS) is 13.4. The molecule has 0 spiro atoms. The average molecular weight is 198 g/mol. The number of nitrogens with two attached hydrogens (primary N) is 2. The van der Waals surface area contributed by atoms with Gasteiger partial charge in [-0.05, 0) is 13.8 Å². The van der Waals surface area contributed by atoms with Crippen molar-refractivity contribution in [2.45, 2.75) is 26.3 Å². The molecule has 0 bridgehead atoms. The highest BCUT2D eigenvalue weighted by molar-refractivity contribution is 6.40. The van der Waals surface area contributed by atoms with E-state index >= 15 is 0 Å². The first kappa shape index (κ1) is 12.3. The standard InChI is InChI=1S/C8H14N4O2/c1-4(3-6(9)8(11)14)12-5(2)7(10)13/h5,9H,3H2,1-2H3,(H2,10,13)(H2,11,14). The minimum Gasteiger partial charge on any atom is -0.368 e. The summed E-state index contributed by atoms with van der Waals surface area (Å²) in [6, 6.07) is -0.643. The second-order valence-electron chi connectivity index (χ2n) is 2.96.